The van der Waals surface area contributed by atoms with Crippen molar-refractivity contribution in [3.63, 3.8) is 0 Å². The molecule has 1 amide bonds. The molecule has 0 fully saturated rings. The zero-order valence-electron chi connectivity index (χ0n) is 17.0. The van der Waals surface area contributed by atoms with E-state index in [0.717, 1.165) is 15.2 Å². The molecule has 0 atom stereocenters. The summed E-state index contributed by atoms with van der Waals surface area (Å²) in [5, 5.41) is 6.71. The number of halogens is 2. The number of amides is 1. The van der Waals surface area contributed by atoms with Crippen molar-refractivity contribution in [2.45, 2.75) is 13.5 Å². The highest BCUT2D eigenvalue weighted by Crippen LogP contribution is 2.18. The van der Waals surface area contributed by atoms with E-state index in [-0.39, 0.29) is 30.4 Å². The van der Waals surface area contributed by atoms with Crippen LogP contribution in [0.25, 0.3) is 5.69 Å². The van der Waals surface area contributed by atoms with Gasteiger partial charge >= 0.3 is 5.97 Å². The third kappa shape index (κ3) is 6.01. The molecule has 1 N–H and O–H groups in total. The molecule has 166 valence electrons. The van der Waals surface area contributed by atoms with Crippen LogP contribution < -0.4 is 15.6 Å². The lowest BCUT2D eigenvalue weighted by Gasteiger charge is -2.13. The summed E-state index contributed by atoms with van der Waals surface area (Å²) in [6, 6.07) is 13.5. The molecule has 0 aliphatic carbocycles. The van der Waals surface area contributed by atoms with Crippen LogP contribution >= 0.6 is 15.9 Å². The van der Waals surface area contributed by atoms with Crippen molar-refractivity contribution in [3.8, 4) is 11.4 Å². The van der Waals surface area contributed by atoms with E-state index in [1.807, 2.05) is 0 Å². The van der Waals surface area contributed by atoms with Gasteiger partial charge in [0.05, 0.1) is 18.4 Å². The molecule has 0 spiro atoms. The molecule has 0 unspecified atom stereocenters. The average molecular weight is 504 g/mol. The Balaban J connectivity index is 1.77. The predicted octanol–water partition coefficient (Wildman–Crippen LogP) is 3.01. The van der Waals surface area contributed by atoms with Crippen LogP contribution in [0.3, 0.4) is 0 Å². The van der Waals surface area contributed by atoms with Crippen molar-refractivity contribution in [1.29, 1.82) is 0 Å². The van der Waals surface area contributed by atoms with Crippen LogP contribution in [0, 0.1) is 5.82 Å². The number of hydrogen-bond donors (Lipinski definition) is 1. The maximum atomic E-state index is 13.0. The van der Waals surface area contributed by atoms with Crippen LogP contribution in [-0.2, 0) is 16.1 Å². The molecule has 0 aliphatic heterocycles. The molecule has 2 aromatic carbocycles. The smallest absolute Gasteiger partial charge is 0.362 e. The second kappa shape index (κ2) is 10.7. The first kappa shape index (κ1) is 23.1. The Hall–Kier alpha value is -3.53. The van der Waals surface area contributed by atoms with Crippen molar-refractivity contribution in [1.82, 2.24) is 15.1 Å². The Morgan fingerprint density at radius 1 is 1.16 bits per heavy atom. The second-order valence-corrected chi connectivity index (χ2v) is 7.42. The van der Waals surface area contributed by atoms with Crippen molar-refractivity contribution in [2.24, 2.45) is 0 Å². The van der Waals surface area contributed by atoms with E-state index in [4.69, 9.17) is 9.47 Å². The number of hydrogen-bond acceptors (Lipinski definition) is 6. The first-order valence-corrected chi connectivity index (χ1v) is 10.4. The second-order valence-electron chi connectivity index (χ2n) is 6.50. The summed E-state index contributed by atoms with van der Waals surface area (Å²) in [7, 11) is 0. The van der Waals surface area contributed by atoms with Crippen molar-refractivity contribution < 1.29 is 23.5 Å². The highest BCUT2D eigenvalue weighted by atomic mass is 79.9. The number of carbonyl (C=O) groups is 2. The normalized spacial score (nSPS) is 10.5. The third-order valence-corrected chi connectivity index (χ3v) is 4.67. The van der Waals surface area contributed by atoms with Gasteiger partial charge in [-0.3, -0.25) is 9.59 Å². The van der Waals surface area contributed by atoms with Gasteiger partial charge in [-0.05, 0) is 42.8 Å². The monoisotopic (exact) mass is 503 g/mol. The molecule has 0 radical (unpaired) electrons. The number of rotatable bonds is 8. The number of carbonyl (C=O) groups excluding carboxylic acids is 2. The summed E-state index contributed by atoms with van der Waals surface area (Å²) >= 11 is 3.32. The number of nitrogens with zero attached hydrogens (tertiary/aromatic N) is 2. The summed E-state index contributed by atoms with van der Waals surface area (Å²) in [6.45, 7) is 1.42. The molecule has 1 aromatic heterocycles. The summed E-state index contributed by atoms with van der Waals surface area (Å²) in [5.74, 6) is -1.84. The lowest BCUT2D eigenvalue weighted by molar-refractivity contribution is -0.123. The molecule has 0 saturated heterocycles. The fourth-order valence-corrected chi connectivity index (χ4v) is 3.07. The SMILES string of the molecule is CCOC(=O)c1nn(-c2cccc(Br)c2)c(=O)cc1OCC(=O)NCc1ccc(F)cc1. The van der Waals surface area contributed by atoms with Gasteiger partial charge in [0.15, 0.2) is 12.4 Å². The van der Waals surface area contributed by atoms with E-state index in [1.54, 1.807) is 43.3 Å². The minimum Gasteiger partial charge on any atom is -0.481 e. The van der Waals surface area contributed by atoms with E-state index in [0.29, 0.717) is 11.3 Å². The van der Waals surface area contributed by atoms with Gasteiger partial charge in [0.2, 0.25) is 5.69 Å². The number of nitrogens with one attached hydrogen (secondary N) is 1. The third-order valence-electron chi connectivity index (χ3n) is 4.18. The first-order valence-electron chi connectivity index (χ1n) is 9.58. The Labute approximate surface area is 191 Å². The van der Waals surface area contributed by atoms with Crippen LogP contribution in [0.5, 0.6) is 5.75 Å². The van der Waals surface area contributed by atoms with Crippen LogP contribution in [0.1, 0.15) is 23.0 Å². The lowest BCUT2D eigenvalue weighted by Crippen LogP contribution is -2.30. The van der Waals surface area contributed by atoms with Gasteiger partial charge in [-0.15, -0.1) is 0 Å². The predicted molar refractivity (Wildman–Crippen MR) is 117 cm³/mol. The minimum absolute atomic E-state index is 0.0914. The minimum atomic E-state index is -0.794. The molecular formula is C22H19BrFN3O5. The number of aromatic nitrogens is 2. The van der Waals surface area contributed by atoms with E-state index in [2.05, 4.69) is 26.3 Å². The van der Waals surface area contributed by atoms with Crippen molar-refractivity contribution >= 4 is 27.8 Å². The zero-order valence-corrected chi connectivity index (χ0v) is 18.6. The van der Waals surface area contributed by atoms with Gasteiger partial charge in [0.25, 0.3) is 11.5 Å². The molecule has 8 nitrogen and oxygen atoms in total. The summed E-state index contributed by atoms with van der Waals surface area (Å²) in [4.78, 5) is 37.1. The van der Waals surface area contributed by atoms with Crippen LogP contribution in [0.4, 0.5) is 4.39 Å². The Morgan fingerprint density at radius 3 is 2.59 bits per heavy atom. The largest absolute Gasteiger partial charge is 0.481 e. The molecule has 32 heavy (non-hydrogen) atoms. The van der Waals surface area contributed by atoms with E-state index < -0.39 is 24.0 Å². The van der Waals surface area contributed by atoms with E-state index in [1.165, 1.54) is 12.1 Å². The van der Waals surface area contributed by atoms with Gasteiger partial charge in [-0.2, -0.15) is 9.78 Å². The molecular weight excluding hydrogens is 485 g/mol. The van der Waals surface area contributed by atoms with Crippen LogP contribution in [0.15, 0.2) is 63.9 Å². The fourth-order valence-electron chi connectivity index (χ4n) is 2.68. The molecule has 0 aliphatic rings. The molecule has 3 rings (SSSR count). The topological polar surface area (TPSA) is 99.5 Å². The van der Waals surface area contributed by atoms with Crippen molar-refractivity contribution in [2.75, 3.05) is 13.2 Å². The van der Waals surface area contributed by atoms with E-state index in [9.17, 15) is 18.8 Å². The highest BCUT2D eigenvalue weighted by molar-refractivity contribution is 9.10. The maximum Gasteiger partial charge on any atom is 0.362 e. The highest BCUT2D eigenvalue weighted by Gasteiger charge is 2.20. The van der Waals surface area contributed by atoms with Crippen LogP contribution in [-0.4, -0.2) is 34.9 Å². The van der Waals surface area contributed by atoms with Gasteiger partial charge in [-0.25, -0.2) is 9.18 Å². The molecule has 3 aromatic rings. The maximum absolute atomic E-state index is 13.0. The zero-order chi connectivity index (χ0) is 23.1. The number of benzene rings is 2. The van der Waals surface area contributed by atoms with Gasteiger partial charge in [-0.1, -0.05) is 34.1 Å². The van der Waals surface area contributed by atoms with Crippen LogP contribution in [0.2, 0.25) is 0 Å². The standard InChI is InChI=1S/C22H19BrFN3O5/c1-2-31-22(30)21-18(11-20(29)27(26-21)17-5-3-4-15(23)10-17)32-13-19(28)25-12-14-6-8-16(24)9-7-14/h3-11H,2,12-13H2,1H3,(H,25,28). The van der Waals surface area contributed by atoms with Gasteiger partial charge < -0.3 is 14.8 Å². The van der Waals surface area contributed by atoms with Crippen molar-refractivity contribution in [3.05, 3.63) is 86.5 Å². The Morgan fingerprint density at radius 2 is 1.91 bits per heavy atom. The van der Waals surface area contributed by atoms with E-state index >= 15 is 0 Å². The number of ether oxygens (including phenoxy) is 2. The fraction of sp³-hybridized carbons (Fsp3) is 0.182. The molecule has 1 heterocycles. The molecule has 0 bridgehead atoms. The summed E-state index contributed by atoms with van der Waals surface area (Å²) in [5.41, 5.74) is 0.333. The molecule has 0 saturated carbocycles. The Bertz CT molecular complexity index is 1180. The molecule has 10 heteroatoms. The first-order chi connectivity index (χ1) is 15.4. The summed E-state index contributed by atoms with van der Waals surface area (Å²) in [6.07, 6.45) is 0. The average Bonchev–Trinajstić information content (AvgIpc) is 2.77. The quantitative estimate of drug-likeness (QED) is 0.474. The number of esters is 1. The van der Waals surface area contributed by atoms with Gasteiger partial charge in [0.1, 0.15) is 5.82 Å². The Kier molecular flexibility index (Phi) is 7.72. The summed E-state index contributed by atoms with van der Waals surface area (Å²) < 4.78 is 25.1. The lowest BCUT2D eigenvalue weighted by atomic mass is 10.2. The van der Waals surface area contributed by atoms with Gasteiger partial charge in [0, 0.05) is 11.0 Å².